The maximum Gasteiger partial charge on any atom is 0.376 e. The minimum atomic E-state index is -1.70. The molecule has 0 aromatic heterocycles. The molecule has 21 heavy (non-hydrogen) atoms. The van der Waals surface area contributed by atoms with Crippen molar-refractivity contribution in [3.8, 4) is 17.6 Å². The molecule has 0 radical (unpaired) electrons. The number of nitrogens with zero attached hydrogens (tertiary/aromatic N) is 1. The number of carbonyl (C=O) groups is 2. The number of aliphatic carboxylic acids is 1. The summed E-state index contributed by atoms with van der Waals surface area (Å²) in [4.78, 5) is 21.4. The van der Waals surface area contributed by atoms with Gasteiger partial charge in [-0.15, -0.1) is 0 Å². The first-order valence-corrected chi connectivity index (χ1v) is 5.96. The summed E-state index contributed by atoms with van der Waals surface area (Å²) in [5.74, 6) is -3.57. The number of hydrogen-bond acceptors (Lipinski definition) is 6. The molecule has 7 nitrogen and oxygen atoms in total. The van der Waals surface area contributed by atoms with E-state index in [1.807, 2.05) is 6.07 Å². The molecule has 0 aliphatic rings. The SMILES string of the molecule is N#CCCCOc1cc(O)cc(C(O)=CC(=O)C(=O)O)c1. The van der Waals surface area contributed by atoms with E-state index in [0.29, 0.717) is 18.9 Å². The Morgan fingerprint density at radius 1 is 1.29 bits per heavy atom. The molecule has 1 aromatic carbocycles. The third-order valence-corrected chi connectivity index (χ3v) is 2.37. The van der Waals surface area contributed by atoms with Crippen LogP contribution in [0.1, 0.15) is 18.4 Å². The van der Waals surface area contributed by atoms with Crippen LogP contribution in [0.4, 0.5) is 0 Å². The van der Waals surface area contributed by atoms with Crippen molar-refractivity contribution in [2.24, 2.45) is 0 Å². The zero-order valence-electron chi connectivity index (χ0n) is 10.9. The van der Waals surface area contributed by atoms with Gasteiger partial charge in [-0.3, -0.25) is 4.79 Å². The van der Waals surface area contributed by atoms with E-state index in [2.05, 4.69) is 0 Å². The van der Waals surface area contributed by atoms with Gasteiger partial charge in [0, 0.05) is 24.1 Å². The predicted molar refractivity (Wildman–Crippen MR) is 71.7 cm³/mol. The van der Waals surface area contributed by atoms with Gasteiger partial charge in [-0.2, -0.15) is 5.26 Å². The lowest BCUT2D eigenvalue weighted by Crippen LogP contribution is -2.09. The second-order valence-corrected chi connectivity index (χ2v) is 4.02. The van der Waals surface area contributed by atoms with Gasteiger partial charge in [0.2, 0.25) is 0 Å². The summed E-state index contributed by atoms with van der Waals surface area (Å²) in [6.07, 6.45) is 1.36. The van der Waals surface area contributed by atoms with Crippen molar-refractivity contribution >= 4 is 17.5 Å². The van der Waals surface area contributed by atoms with Gasteiger partial charge in [-0.05, 0) is 18.6 Å². The molecule has 0 atom stereocenters. The van der Waals surface area contributed by atoms with Gasteiger partial charge in [0.1, 0.15) is 17.3 Å². The van der Waals surface area contributed by atoms with Gasteiger partial charge in [0.15, 0.2) is 0 Å². The molecule has 0 amide bonds. The Morgan fingerprint density at radius 3 is 2.62 bits per heavy atom. The molecule has 7 heteroatoms. The number of rotatable bonds is 7. The summed E-state index contributed by atoms with van der Waals surface area (Å²) >= 11 is 0. The molecule has 1 rings (SSSR count). The normalized spacial score (nSPS) is 10.7. The highest BCUT2D eigenvalue weighted by Crippen LogP contribution is 2.25. The minimum Gasteiger partial charge on any atom is -0.508 e. The topological polar surface area (TPSA) is 128 Å². The Bertz CT molecular complexity index is 614. The molecule has 0 heterocycles. The van der Waals surface area contributed by atoms with Crippen LogP contribution < -0.4 is 4.74 Å². The van der Waals surface area contributed by atoms with E-state index < -0.39 is 17.5 Å². The fraction of sp³-hybridized carbons (Fsp3) is 0.214. The molecular weight excluding hydrogens is 278 g/mol. The minimum absolute atomic E-state index is 0.0416. The Labute approximate surface area is 120 Å². The maximum atomic E-state index is 11.0. The summed E-state index contributed by atoms with van der Waals surface area (Å²) in [5.41, 5.74) is 0.0416. The molecular formula is C14H13NO6. The largest absolute Gasteiger partial charge is 0.508 e. The number of phenolic OH excluding ortho intramolecular Hbond substituents is 1. The van der Waals surface area contributed by atoms with Crippen molar-refractivity contribution in [1.82, 2.24) is 0 Å². The molecule has 0 saturated carbocycles. The molecule has 0 saturated heterocycles. The number of ether oxygens (including phenoxy) is 1. The van der Waals surface area contributed by atoms with Gasteiger partial charge in [0.25, 0.3) is 5.78 Å². The number of nitriles is 1. The molecule has 1 aromatic rings. The van der Waals surface area contributed by atoms with Crippen LogP contribution in [0.25, 0.3) is 5.76 Å². The molecule has 0 aliphatic heterocycles. The van der Waals surface area contributed by atoms with Crippen LogP contribution >= 0.6 is 0 Å². The fourth-order valence-corrected chi connectivity index (χ4v) is 1.43. The summed E-state index contributed by atoms with van der Waals surface area (Å²) < 4.78 is 5.28. The van der Waals surface area contributed by atoms with E-state index in [0.717, 1.165) is 6.07 Å². The third-order valence-electron chi connectivity index (χ3n) is 2.37. The quantitative estimate of drug-likeness (QED) is 0.301. The molecule has 0 fully saturated rings. The average Bonchev–Trinajstić information content (AvgIpc) is 2.42. The van der Waals surface area contributed by atoms with E-state index in [1.54, 1.807) is 0 Å². The highest BCUT2D eigenvalue weighted by atomic mass is 16.5. The van der Waals surface area contributed by atoms with Crippen molar-refractivity contribution in [3.05, 3.63) is 29.8 Å². The lowest BCUT2D eigenvalue weighted by atomic mass is 10.1. The van der Waals surface area contributed by atoms with Gasteiger partial charge >= 0.3 is 5.97 Å². The first kappa shape index (κ1) is 16.0. The molecule has 0 unspecified atom stereocenters. The van der Waals surface area contributed by atoms with E-state index >= 15 is 0 Å². The Hall–Kier alpha value is -3.01. The lowest BCUT2D eigenvalue weighted by Gasteiger charge is -2.08. The van der Waals surface area contributed by atoms with Crippen molar-refractivity contribution in [1.29, 1.82) is 5.26 Å². The average molecular weight is 291 g/mol. The predicted octanol–water partition coefficient (Wildman–Crippen LogP) is 1.63. The molecule has 0 aliphatic carbocycles. The van der Waals surface area contributed by atoms with Gasteiger partial charge in [0.05, 0.1) is 12.7 Å². The summed E-state index contributed by atoms with van der Waals surface area (Å²) in [6, 6.07) is 5.75. The Kier molecular flexibility index (Phi) is 5.77. The van der Waals surface area contributed by atoms with Crippen molar-refractivity contribution in [2.75, 3.05) is 6.61 Å². The standard InChI is InChI=1S/C14H13NO6/c15-3-1-2-4-21-11-6-9(5-10(16)7-11)12(17)8-13(18)14(19)20/h5-8,16-17H,1-2,4H2,(H,19,20). The Morgan fingerprint density at radius 2 is 2.00 bits per heavy atom. The number of ketones is 1. The number of aromatic hydroxyl groups is 1. The van der Waals surface area contributed by atoms with Crippen LogP contribution in [0.3, 0.4) is 0 Å². The number of hydrogen-bond donors (Lipinski definition) is 3. The summed E-state index contributed by atoms with van der Waals surface area (Å²) in [7, 11) is 0. The van der Waals surface area contributed by atoms with E-state index in [4.69, 9.17) is 15.1 Å². The van der Waals surface area contributed by atoms with Crippen LogP contribution in [-0.2, 0) is 9.59 Å². The smallest absolute Gasteiger partial charge is 0.376 e. The van der Waals surface area contributed by atoms with Crippen LogP contribution in [0.15, 0.2) is 24.3 Å². The van der Waals surface area contributed by atoms with Crippen LogP contribution in [0.5, 0.6) is 11.5 Å². The zero-order valence-corrected chi connectivity index (χ0v) is 10.9. The van der Waals surface area contributed by atoms with Crippen LogP contribution in [0, 0.1) is 11.3 Å². The molecule has 0 spiro atoms. The van der Waals surface area contributed by atoms with Crippen molar-refractivity contribution < 1.29 is 29.6 Å². The number of carboxylic acids is 1. The van der Waals surface area contributed by atoms with Crippen molar-refractivity contribution in [3.63, 3.8) is 0 Å². The van der Waals surface area contributed by atoms with Gasteiger partial charge < -0.3 is 20.1 Å². The summed E-state index contributed by atoms with van der Waals surface area (Å²) in [5, 5.41) is 36.0. The van der Waals surface area contributed by atoms with E-state index in [9.17, 15) is 19.8 Å². The third kappa shape index (κ3) is 5.24. The number of aliphatic hydroxyl groups is 1. The number of unbranched alkanes of at least 4 members (excludes halogenated alkanes) is 1. The van der Waals surface area contributed by atoms with Crippen LogP contribution in [-0.4, -0.2) is 33.7 Å². The summed E-state index contributed by atoms with van der Waals surface area (Å²) in [6.45, 7) is 0.245. The van der Waals surface area contributed by atoms with Crippen molar-refractivity contribution in [2.45, 2.75) is 12.8 Å². The van der Waals surface area contributed by atoms with E-state index in [-0.39, 0.29) is 23.7 Å². The highest BCUT2D eigenvalue weighted by Gasteiger charge is 2.12. The maximum absolute atomic E-state index is 11.0. The first-order valence-electron chi connectivity index (χ1n) is 5.96. The number of benzene rings is 1. The fourth-order valence-electron chi connectivity index (χ4n) is 1.43. The van der Waals surface area contributed by atoms with E-state index in [1.165, 1.54) is 12.1 Å². The van der Waals surface area contributed by atoms with Gasteiger partial charge in [-0.25, -0.2) is 4.79 Å². The Balaban J connectivity index is 2.89. The number of phenols is 1. The second kappa shape index (κ2) is 7.55. The monoisotopic (exact) mass is 291 g/mol. The molecule has 3 N–H and O–H groups in total. The first-order chi connectivity index (χ1) is 9.93. The number of carboxylic acid groups (broad SMARTS) is 1. The number of carbonyl (C=O) groups excluding carboxylic acids is 1. The second-order valence-electron chi connectivity index (χ2n) is 4.02. The number of aliphatic hydroxyl groups excluding tert-OH is 1. The lowest BCUT2D eigenvalue weighted by molar-refractivity contribution is -0.146. The molecule has 110 valence electrons. The van der Waals surface area contributed by atoms with Gasteiger partial charge in [-0.1, -0.05) is 0 Å². The zero-order chi connectivity index (χ0) is 15.8. The molecule has 0 bridgehead atoms. The highest BCUT2D eigenvalue weighted by molar-refractivity contribution is 6.38. The van der Waals surface area contributed by atoms with Crippen LogP contribution in [0.2, 0.25) is 0 Å².